The Morgan fingerprint density at radius 1 is 1.48 bits per heavy atom. The summed E-state index contributed by atoms with van der Waals surface area (Å²) in [7, 11) is 1.89. The Balaban J connectivity index is 1.92. The van der Waals surface area contributed by atoms with E-state index in [1.807, 2.05) is 26.4 Å². The van der Waals surface area contributed by atoms with Gasteiger partial charge < -0.3 is 5.32 Å². The number of aromatic nitrogens is 2. The standard InChI is InChI=1S/C14H17ClN4O2/c1-10-6-12(19(20)21)7-13(15)14(10)16-5-3-4-11-8-17-18(2)9-11/h6-9,16H,3-5H2,1-2H3. The molecule has 0 bridgehead atoms. The van der Waals surface area contributed by atoms with Gasteiger partial charge in [-0.3, -0.25) is 14.8 Å². The summed E-state index contributed by atoms with van der Waals surface area (Å²) >= 11 is 6.10. The molecular weight excluding hydrogens is 292 g/mol. The maximum Gasteiger partial charge on any atom is 0.271 e. The molecule has 2 rings (SSSR count). The number of nitro benzene ring substituents is 1. The molecule has 0 spiro atoms. The second kappa shape index (κ2) is 6.58. The van der Waals surface area contributed by atoms with E-state index in [1.54, 1.807) is 4.68 Å². The summed E-state index contributed by atoms with van der Waals surface area (Å²) in [6, 6.07) is 2.90. The van der Waals surface area contributed by atoms with E-state index < -0.39 is 4.92 Å². The highest BCUT2D eigenvalue weighted by Crippen LogP contribution is 2.30. The van der Waals surface area contributed by atoms with Crippen LogP contribution in [0.4, 0.5) is 11.4 Å². The summed E-state index contributed by atoms with van der Waals surface area (Å²) in [5.74, 6) is 0. The largest absolute Gasteiger partial charge is 0.384 e. The first-order valence-electron chi connectivity index (χ1n) is 6.63. The highest BCUT2D eigenvalue weighted by Gasteiger charge is 2.12. The van der Waals surface area contributed by atoms with Gasteiger partial charge in [0, 0.05) is 31.9 Å². The quantitative estimate of drug-likeness (QED) is 0.504. The molecule has 1 aromatic carbocycles. The lowest BCUT2D eigenvalue weighted by Crippen LogP contribution is -2.05. The number of nitrogens with zero attached hydrogens (tertiary/aromatic N) is 3. The molecule has 1 aromatic heterocycles. The van der Waals surface area contributed by atoms with Crippen molar-refractivity contribution in [3.8, 4) is 0 Å². The van der Waals surface area contributed by atoms with E-state index >= 15 is 0 Å². The first-order chi connectivity index (χ1) is 9.97. The molecule has 21 heavy (non-hydrogen) atoms. The monoisotopic (exact) mass is 308 g/mol. The first-order valence-corrected chi connectivity index (χ1v) is 7.01. The van der Waals surface area contributed by atoms with Crippen molar-refractivity contribution in [3.05, 3.63) is 50.8 Å². The topological polar surface area (TPSA) is 73.0 Å². The van der Waals surface area contributed by atoms with Crippen molar-refractivity contribution in [3.63, 3.8) is 0 Å². The number of anilines is 1. The molecule has 0 saturated heterocycles. The van der Waals surface area contributed by atoms with Gasteiger partial charge in [0.25, 0.3) is 5.69 Å². The van der Waals surface area contributed by atoms with E-state index in [4.69, 9.17) is 11.6 Å². The Morgan fingerprint density at radius 3 is 2.81 bits per heavy atom. The Morgan fingerprint density at radius 2 is 2.24 bits per heavy atom. The van der Waals surface area contributed by atoms with Gasteiger partial charge in [0.15, 0.2) is 0 Å². The average Bonchev–Trinajstić information content (AvgIpc) is 2.82. The lowest BCUT2D eigenvalue weighted by Gasteiger charge is -2.11. The molecule has 0 atom stereocenters. The minimum atomic E-state index is -0.439. The fourth-order valence-electron chi connectivity index (χ4n) is 2.16. The van der Waals surface area contributed by atoms with Gasteiger partial charge in [-0.25, -0.2) is 0 Å². The number of hydrogen-bond acceptors (Lipinski definition) is 4. The number of aryl methyl sites for hydroxylation is 3. The van der Waals surface area contributed by atoms with Gasteiger partial charge in [0.1, 0.15) is 0 Å². The van der Waals surface area contributed by atoms with Crippen molar-refractivity contribution in [2.24, 2.45) is 7.05 Å². The minimum Gasteiger partial charge on any atom is -0.384 e. The Labute approximate surface area is 127 Å². The molecule has 1 heterocycles. The Hall–Kier alpha value is -2.08. The predicted molar refractivity (Wildman–Crippen MR) is 82.9 cm³/mol. The lowest BCUT2D eigenvalue weighted by molar-refractivity contribution is -0.384. The third kappa shape index (κ3) is 3.95. The zero-order chi connectivity index (χ0) is 15.4. The smallest absolute Gasteiger partial charge is 0.271 e. The van der Waals surface area contributed by atoms with Crippen LogP contribution in [0.1, 0.15) is 17.5 Å². The van der Waals surface area contributed by atoms with Gasteiger partial charge in [-0.2, -0.15) is 5.10 Å². The van der Waals surface area contributed by atoms with Crippen LogP contribution in [0, 0.1) is 17.0 Å². The molecule has 6 nitrogen and oxygen atoms in total. The van der Waals surface area contributed by atoms with Crippen LogP contribution < -0.4 is 5.32 Å². The van der Waals surface area contributed by atoms with Crippen molar-refractivity contribution < 1.29 is 4.92 Å². The van der Waals surface area contributed by atoms with Crippen molar-refractivity contribution >= 4 is 23.0 Å². The van der Waals surface area contributed by atoms with Gasteiger partial charge in [-0.05, 0) is 30.9 Å². The minimum absolute atomic E-state index is 0.0124. The zero-order valence-electron chi connectivity index (χ0n) is 12.0. The number of halogens is 1. The van der Waals surface area contributed by atoms with E-state index in [-0.39, 0.29) is 5.69 Å². The van der Waals surface area contributed by atoms with Crippen molar-refractivity contribution in [1.29, 1.82) is 0 Å². The third-order valence-electron chi connectivity index (χ3n) is 3.19. The predicted octanol–water partition coefficient (Wildman–Crippen LogP) is 3.33. The number of rotatable bonds is 6. The molecule has 0 radical (unpaired) electrons. The number of non-ortho nitro benzene ring substituents is 1. The van der Waals surface area contributed by atoms with E-state index in [0.29, 0.717) is 5.02 Å². The summed E-state index contributed by atoms with van der Waals surface area (Å²) < 4.78 is 1.78. The van der Waals surface area contributed by atoms with Gasteiger partial charge in [0.05, 0.1) is 21.8 Å². The van der Waals surface area contributed by atoms with Gasteiger partial charge in [-0.1, -0.05) is 11.6 Å². The van der Waals surface area contributed by atoms with Crippen LogP contribution in [0.25, 0.3) is 0 Å². The molecule has 7 heteroatoms. The molecule has 0 unspecified atom stereocenters. The molecule has 0 aliphatic heterocycles. The molecule has 0 saturated carbocycles. The van der Waals surface area contributed by atoms with Crippen LogP contribution in [-0.2, 0) is 13.5 Å². The van der Waals surface area contributed by atoms with E-state index in [2.05, 4.69) is 10.4 Å². The molecular formula is C14H17ClN4O2. The van der Waals surface area contributed by atoms with Crippen molar-refractivity contribution in [2.45, 2.75) is 19.8 Å². The summed E-state index contributed by atoms with van der Waals surface area (Å²) in [6.45, 7) is 2.55. The van der Waals surface area contributed by atoms with E-state index in [9.17, 15) is 10.1 Å². The number of benzene rings is 1. The van der Waals surface area contributed by atoms with Crippen molar-refractivity contribution in [1.82, 2.24) is 9.78 Å². The molecule has 0 aliphatic carbocycles. The maximum absolute atomic E-state index is 10.8. The van der Waals surface area contributed by atoms with Crippen LogP contribution in [0.3, 0.4) is 0 Å². The van der Waals surface area contributed by atoms with Gasteiger partial charge in [-0.15, -0.1) is 0 Å². The van der Waals surface area contributed by atoms with Crippen molar-refractivity contribution in [2.75, 3.05) is 11.9 Å². The Kier molecular flexibility index (Phi) is 4.80. The fourth-order valence-corrected chi connectivity index (χ4v) is 2.49. The maximum atomic E-state index is 10.8. The first kappa shape index (κ1) is 15.3. The molecule has 1 N–H and O–H groups in total. The van der Waals surface area contributed by atoms with E-state index in [0.717, 1.165) is 30.6 Å². The molecule has 0 amide bonds. The highest BCUT2D eigenvalue weighted by atomic mass is 35.5. The highest BCUT2D eigenvalue weighted by molar-refractivity contribution is 6.33. The summed E-state index contributed by atoms with van der Waals surface area (Å²) in [6.07, 6.45) is 5.69. The summed E-state index contributed by atoms with van der Waals surface area (Å²) in [5, 5.41) is 18.5. The lowest BCUT2D eigenvalue weighted by atomic mass is 10.1. The van der Waals surface area contributed by atoms with Gasteiger partial charge in [0.2, 0.25) is 0 Å². The summed E-state index contributed by atoms with van der Waals surface area (Å²) in [5.41, 5.74) is 2.73. The number of nitro groups is 1. The molecule has 2 aromatic rings. The van der Waals surface area contributed by atoms with Crippen LogP contribution >= 0.6 is 11.6 Å². The van der Waals surface area contributed by atoms with Crippen LogP contribution in [0.2, 0.25) is 5.02 Å². The number of nitrogens with one attached hydrogen (secondary N) is 1. The second-order valence-corrected chi connectivity index (χ2v) is 5.34. The molecule has 0 aliphatic rings. The Bertz CT molecular complexity index is 631. The third-order valence-corrected chi connectivity index (χ3v) is 3.48. The number of hydrogen-bond donors (Lipinski definition) is 1. The average molecular weight is 309 g/mol. The molecule has 0 fully saturated rings. The summed E-state index contributed by atoms with van der Waals surface area (Å²) in [4.78, 5) is 10.3. The van der Waals surface area contributed by atoms with Crippen LogP contribution in [-0.4, -0.2) is 21.2 Å². The van der Waals surface area contributed by atoms with E-state index in [1.165, 1.54) is 17.7 Å². The SMILES string of the molecule is Cc1cc([N+](=O)[O-])cc(Cl)c1NCCCc1cnn(C)c1. The fraction of sp³-hybridized carbons (Fsp3) is 0.357. The zero-order valence-corrected chi connectivity index (χ0v) is 12.7. The second-order valence-electron chi connectivity index (χ2n) is 4.93. The molecule has 112 valence electrons. The van der Waals surface area contributed by atoms with Crippen LogP contribution in [0.5, 0.6) is 0 Å². The van der Waals surface area contributed by atoms with Gasteiger partial charge >= 0.3 is 0 Å². The van der Waals surface area contributed by atoms with Crippen LogP contribution in [0.15, 0.2) is 24.5 Å². The normalized spacial score (nSPS) is 10.6.